The van der Waals surface area contributed by atoms with Crippen molar-refractivity contribution >= 4 is 16.6 Å². The number of hydrogen-bond acceptors (Lipinski definition) is 6. The maximum atomic E-state index is 13.6. The number of aromatic nitrogens is 5. The number of aliphatic hydroxyl groups excluding tert-OH is 1. The molecule has 0 radical (unpaired) electrons. The van der Waals surface area contributed by atoms with Gasteiger partial charge < -0.3 is 10.0 Å². The second-order valence-corrected chi connectivity index (χ2v) is 9.81. The number of aliphatic hydroxyl groups is 1. The fourth-order valence-corrected chi connectivity index (χ4v) is 5.27. The van der Waals surface area contributed by atoms with Crippen molar-refractivity contribution in [2.45, 2.75) is 51.2 Å². The summed E-state index contributed by atoms with van der Waals surface area (Å²) < 4.78 is 3.41. The van der Waals surface area contributed by atoms with Crippen molar-refractivity contribution in [1.29, 1.82) is 0 Å². The Morgan fingerprint density at radius 2 is 1.94 bits per heavy atom. The summed E-state index contributed by atoms with van der Waals surface area (Å²) in [5.41, 5.74) is 6.65. The number of anilines is 1. The molecule has 0 spiro atoms. The smallest absolute Gasteiger partial charge is 0.261 e. The van der Waals surface area contributed by atoms with Gasteiger partial charge in [-0.3, -0.25) is 19.0 Å². The number of aryl methyl sites for hydroxylation is 1. The van der Waals surface area contributed by atoms with Crippen LogP contribution < -0.4 is 10.5 Å². The van der Waals surface area contributed by atoms with Crippen LogP contribution in [0.2, 0.25) is 0 Å². The van der Waals surface area contributed by atoms with E-state index in [0.29, 0.717) is 17.3 Å². The average Bonchev–Trinajstić information content (AvgIpc) is 3.27. The van der Waals surface area contributed by atoms with E-state index >= 15 is 0 Å². The third-order valence-corrected chi connectivity index (χ3v) is 7.13. The highest BCUT2D eigenvalue weighted by atomic mass is 16.3. The molecule has 0 amide bonds. The summed E-state index contributed by atoms with van der Waals surface area (Å²) in [5, 5.41) is 15.4. The van der Waals surface area contributed by atoms with Crippen LogP contribution in [0.3, 0.4) is 0 Å². The Balaban J connectivity index is 1.56. The molecular weight excluding hydrogens is 440 g/mol. The number of pyridine rings is 1. The van der Waals surface area contributed by atoms with Gasteiger partial charge in [-0.2, -0.15) is 5.10 Å². The Kier molecular flexibility index (Phi) is 6.15. The van der Waals surface area contributed by atoms with Crippen LogP contribution in [-0.2, 0) is 13.5 Å². The molecule has 35 heavy (non-hydrogen) atoms. The lowest BCUT2D eigenvalue weighted by molar-refractivity contribution is 0.0735. The van der Waals surface area contributed by atoms with Gasteiger partial charge in [0.2, 0.25) is 0 Å². The first-order valence-corrected chi connectivity index (χ1v) is 12.2. The summed E-state index contributed by atoms with van der Waals surface area (Å²) in [7, 11) is 5.85. The fraction of sp³-hybridized carbons (Fsp3) is 0.407. The zero-order chi connectivity index (χ0) is 24.7. The van der Waals surface area contributed by atoms with Crippen LogP contribution in [0, 0.1) is 6.92 Å². The van der Waals surface area contributed by atoms with Crippen LogP contribution in [0.15, 0.2) is 47.9 Å². The van der Waals surface area contributed by atoms with Crippen LogP contribution in [0.1, 0.15) is 48.4 Å². The van der Waals surface area contributed by atoms with Gasteiger partial charge in [0.15, 0.2) is 0 Å². The van der Waals surface area contributed by atoms with E-state index in [2.05, 4.69) is 23.1 Å². The molecule has 3 aromatic heterocycles. The minimum absolute atomic E-state index is 0.0876. The predicted octanol–water partition coefficient (Wildman–Crippen LogP) is 3.63. The topological polar surface area (TPSA) is 89.1 Å². The molecule has 1 aromatic carbocycles. The second-order valence-electron chi connectivity index (χ2n) is 9.81. The molecule has 0 bridgehead atoms. The second kappa shape index (κ2) is 9.26. The fourth-order valence-electron chi connectivity index (χ4n) is 5.27. The summed E-state index contributed by atoms with van der Waals surface area (Å²) in [4.78, 5) is 25.0. The first kappa shape index (κ1) is 23.2. The third-order valence-electron chi connectivity index (χ3n) is 7.13. The molecule has 3 heterocycles. The Labute approximate surface area is 204 Å². The van der Waals surface area contributed by atoms with Gasteiger partial charge in [-0.15, -0.1) is 0 Å². The number of rotatable bonds is 5. The molecule has 5 rings (SSSR count). The van der Waals surface area contributed by atoms with E-state index in [0.717, 1.165) is 59.3 Å². The molecule has 2 atom stereocenters. The van der Waals surface area contributed by atoms with Crippen molar-refractivity contribution in [3.8, 4) is 11.3 Å². The summed E-state index contributed by atoms with van der Waals surface area (Å²) in [6, 6.07) is 5.85. The molecule has 0 aliphatic heterocycles. The van der Waals surface area contributed by atoms with Crippen molar-refractivity contribution in [2.75, 3.05) is 19.0 Å². The zero-order valence-corrected chi connectivity index (χ0v) is 20.8. The van der Waals surface area contributed by atoms with E-state index in [-0.39, 0.29) is 11.6 Å². The SMILES string of the molecule is Cc1c(Cc2ccc(-c3cnn(C)c3)nc2)cc2c(=O)n(C3CCCCC3O)cnc2c1N(C)C. The van der Waals surface area contributed by atoms with Gasteiger partial charge in [0.05, 0.1) is 41.4 Å². The molecule has 1 aliphatic rings. The van der Waals surface area contributed by atoms with Gasteiger partial charge in [0.25, 0.3) is 5.56 Å². The molecule has 2 unspecified atom stereocenters. The number of nitrogens with zero attached hydrogens (tertiary/aromatic N) is 6. The molecule has 1 saturated carbocycles. The van der Waals surface area contributed by atoms with Crippen LogP contribution in [0.5, 0.6) is 0 Å². The van der Waals surface area contributed by atoms with E-state index in [4.69, 9.17) is 4.98 Å². The molecular formula is C27H32N6O2. The normalized spacial score (nSPS) is 18.2. The minimum atomic E-state index is -0.511. The Morgan fingerprint density at radius 3 is 2.60 bits per heavy atom. The molecule has 182 valence electrons. The maximum absolute atomic E-state index is 13.6. The van der Waals surface area contributed by atoms with E-state index < -0.39 is 6.10 Å². The quantitative estimate of drug-likeness (QED) is 0.477. The Bertz CT molecular complexity index is 1420. The van der Waals surface area contributed by atoms with Crippen molar-refractivity contribution in [1.82, 2.24) is 24.3 Å². The summed E-state index contributed by atoms with van der Waals surface area (Å²) in [6.07, 6.45) is 10.9. The van der Waals surface area contributed by atoms with Crippen LogP contribution in [-0.4, -0.2) is 49.6 Å². The van der Waals surface area contributed by atoms with Crippen molar-refractivity contribution < 1.29 is 5.11 Å². The highest BCUT2D eigenvalue weighted by molar-refractivity contribution is 5.93. The molecule has 8 heteroatoms. The first-order valence-electron chi connectivity index (χ1n) is 12.2. The molecule has 8 nitrogen and oxygen atoms in total. The lowest BCUT2D eigenvalue weighted by atomic mass is 9.92. The molecule has 0 saturated heterocycles. The van der Waals surface area contributed by atoms with Gasteiger partial charge in [-0.05, 0) is 55.0 Å². The Morgan fingerprint density at radius 1 is 1.14 bits per heavy atom. The highest BCUT2D eigenvalue weighted by Crippen LogP contribution is 2.32. The summed E-state index contributed by atoms with van der Waals surface area (Å²) >= 11 is 0. The van der Waals surface area contributed by atoms with Crippen LogP contribution >= 0.6 is 0 Å². The van der Waals surface area contributed by atoms with E-state index in [9.17, 15) is 9.90 Å². The predicted molar refractivity (Wildman–Crippen MR) is 138 cm³/mol. The van der Waals surface area contributed by atoms with Gasteiger partial charge in [-0.25, -0.2) is 4.98 Å². The van der Waals surface area contributed by atoms with Gasteiger partial charge in [-0.1, -0.05) is 18.9 Å². The third kappa shape index (κ3) is 4.34. The van der Waals surface area contributed by atoms with Crippen LogP contribution in [0.4, 0.5) is 5.69 Å². The monoisotopic (exact) mass is 472 g/mol. The zero-order valence-electron chi connectivity index (χ0n) is 20.8. The number of fused-ring (bicyclic) bond motifs is 1. The standard InChI is InChI=1S/C27H32N6O2/c1-17-19(11-18-9-10-22(28-13-18)20-14-30-32(4)15-20)12-21-25(26(17)31(2)3)29-16-33(27(21)35)23-7-5-6-8-24(23)34/h9-10,12-16,23-24,34H,5-8,11H2,1-4H3. The van der Waals surface area contributed by atoms with Crippen molar-refractivity contribution in [2.24, 2.45) is 7.05 Å². The Hall–Kier alpha value is -3.52. The highest BCUT2D eigenvalue weighted by Gasteiger charge is 2.27. The number of benzene rings is 1. The summed E-state index contributed by atoms with van der Waals surface area (Å²) in [6.45, 7) is 2.08. The lowest BCUT2D eigenvalue weighted by Crippen LogP contribution is -2.35. The van der Waals surface area contributed by atoms with Crippen molar-refractivity contribution in [3.05, 3.63) is 70.2 Å². The van der Waals surface area contributed by atoms with E-state index in [1.807, 2.05) is 50.6 Å². The maximum Gasteiger partial charge on any atom is 0.261 e. The van der Waals surface area contributed by atoms with E-state index in [1.165, 1.54) is 0 Å². The molecule has 1 fully saturated rings. The minimum Gasteiger partial charge on any atom is -0.391 e. The molecule has 1 aliphatic carbocycles. The van der Waals surface area contributed by atoms with E-state index in [1.54, 1.807) is 21.8 Å². The molecule has 1 N–H and O–H groups in total. The number of hydrogen-bond donors (Lipinski definition) is 1. The molecule has 4 aromatic rings. The summed E-state index contributed by atoms with van der Waals surface area (Å²) in [5.74, 6) is 0. The first-order chi connectivity index (χ1) is 16.8. The largest absolute Gasteiger partial charge is 0.391 e. The van der Waals surface area contributed by atoms with Gasteiger partial charge in [0, 0.05) is 39.1 Å². The lowest BCUT2D eigenvalue weighted by Gasteiger charge is -2.29. The van der Waals surface area contributed by atoms with Gasteiger partial charge in [0.1, 0.15) is 5.52 Å². The van der Waals surface area contributed by atoms with Crippen LogP contribution in [0.25, 0.3) is 22.2 Å². The van der Waals surface area contributed by atoms with Crippen molar-refractivity contribution in [3.63, 3.8) is 0 Å². The van der Waals surface area contributed by atoms with Gasteiger partial charge >= 0.3 is 0 Å². The average molecular weight is 473 g/mol.